The lowest BCUT2D eigenvalue weighted by molar-refractivity contribution is 0.136. The summed E-state index contributed by atoms with van der Waals surface area (Å²) < 4.78 is 31.0. The largest absolute Gasteiger partial charge is 0.381 e. The molecule has 88 valence electrons. The molecule has 1 saturated heterocycles. The maximum Gasteiger partial charge on any atom is 0.214 e. The Hall–Kier alpha value is -0.170. The van der Waals surface area contributed by atoms with Crippen LogP contribution >= 0.6 is 0 Å². The van der Waals surface area contributed by atoms with Crippen LogP contribution in [0.4, 0.5) is 0 Å². The highest BCUT2D eigenvalue weighted by Crippen LogP contribution is 2.41. The van der Waals surface area contributed by atoms with Gasteiger partial charge in [-0.15, -0.1) is 0 Å². The smallest absolute Gasteiger partial charge is 0.214 e. The fraction of sp³-hybridized carbons (Fsp3) is 1.00. The van der Waals surface area contributed by atoms with Crippen LogP contribution in [0.3, 0.4) is 0 Å². The number of ether oxygens (including phenoxy) is 1. The standard InChI is InChI=1S/C9H18N2O3S/c1-6(14-2)5-15(12,13)11-9-7-3-10-4-8(7)9/h6-11H,3-5H2,1-2H3. The zero-order valence-corrected chi connectivity index (χ0v) is 9.88. The summed E-state index contributed by atoms with van der Waals surface area (Å²) in [6, 6.07) is 0.167. The van der Waals surface area contributed by atoms with Gasteiger partial charge in [0.2, 0.25) is 10.0 Å². The summed E-state index contributed by atoms with van der Waals surface area (Å²) in [6.07, 6.45) is -0.251. The van der Waals surface area contributed by atoms with Gasteiger partial charge in [-0.1, -0.05) is 0 Å². The molecule has 2 N–H and O–H groups in total. The Morgan fingerprint density at radius 3 is 2.60 bits per heavy atom. The highest BCUT2D eigenvalue weighted by molar-refractivity contribution is 7.89. The molecule has 1 aliphatic carbocycles. The lowest BCUT2D eigenvalue weighted by atomic mass is 10.4. The number of rotatable bonds is 5. The van der Waals surface area contributed by atoms with E-state index < -0.39 is 10.0 Å². The quantitative estimate of drug-likeness (QED) is 0.651. The number of methoxy groups -OCH3 is 1. The molecule has 1 heterocycles. The SMILES string of the molecule is COC(C)CS(=O)(=O)NC1C2CNCC21. The van der Waals surface area contributed by atoms with Gasteiger partial charge in [-0.2, -0.15) is 0 Å². The Labute approximate surface area is 90.6 Å². The molecule has 5 nitrogen and oxygen atoms in total. The normalized spacial score (nSPS) is 36.3. The van der Waals surface area contributed by atoms with E-state index in [9.17, 15) is 8.42 Å². The van der Waals surface area contributed by atoms with Crippen molar-refractivity contribution >= 4 is 10.0 Å². The number of sulfonamides is 1. The highest BCUT2D eigenvalue weighted by Gasteiger charge is 2.54. The number of hydrogen-bond acceptors (Lipinski definition) is 4. The Balaban J connectivity index is 1.84. The van der Waals surface area contributed by atoms with E-state index in [4.69, 9.17) is 4.74 Å². The maximum absolute atomic E-state index is 11.7. The van der Waals surface area contributed by atoms with Gasteiger partial charge in [0.05, 0.1) is 11.9 Å². The molecule has 0 aromatic rings. The molecule has 0 radical (unpaired) electrons. The van der Waals surface area contributed by atoms with Gasteiger partial charge >= 0.3 is 0 Å². The van der Waals surface area contributed by atoms with Crippen molar-refractivity contribution in [3.05, 3.63) is 0 Å². The fourth-order valence-electron chi connectivity index (χ4n) is 2.23. The fourth-order valence-corrected chi connectivity index (χ4v) is 3.84. The number of hydrogen-bond donors (Lipinski definition) is 2. The first-order chi connectivity index (χ1) is 7.03. The molecule has 15 heavy (non-hydrogen) atoms. The van der Waals surface area contributed by atoms with Gasteiger partial charge in [-0.25, -0.2) is 13.1 Å². The van der Waals surface area contributed by atoms with E-state index in [1.54, 1.807) is 6.92 Å². The van der Waals surface area contributed by atoms with Crippen LogP contribution in [0.15, 0.2) is 0 Å². The van der Waals surface area contributed by atoms with Gasteiger partial charge in [-0.05, 0) is 31.8 Å². The topological polar surface area (TPSA) is 67.4 Å². The van der Waals surface area contributed by atoms with Crippen molar-refractivity contribution in [1.29, 1.82) is 0 Å². The zero-order valence-electron chi connectivity index (χ0n) is 9.06. The lowest BCUT2D eigenvalue weighted by Gasteiger charge is -2.12. The van der Waals surface area contributed by atoms with E-state index >= 15 is 0 Å². The third-order valence-electron chi connectivity index (χ3n) is 3.26. The van der Waals surface area contributed by atoms with Gasteiger partial charge in [0.1, 0.15) is 0 Å². The van der Waals surface area contributed by atoms with E-state index in [0.717, 1.165) is 13.1 Å². The van der Waals surface area contributed by atoms with Crippen LogP contribution in [0.1, 0.15) is 6.92 Å². The summed E-state index contributed by atoms with van der Waals surface area (Å²) in [7, 11) is -1.65. The van der Waals surface area contributed by atoms with E-state index in [1.165, 1.54) is 7.11 Å². The van der Waals surface area contributed by atoms with Crippen LogP contribution in [0, 0.1) is 11.8 Å². The van der Waals surface area contributed by atoms with Crippen molar-refractivity contribution < 1.29 is 13.2 Å². The Kier molecular flexibility index (Phi) is 3.03. The third-order valence-corrected chi connectivity index (χ3v) is 4.80. The average molecular weight is 234 g/mol. The van der Waals surface area contributed by atoms with Gasteiger partial charge in [-0.3, -0.25) is 0 Å². The molecule has 0 spiro atoms. The average Bonchev–Trinajstić information content (AvgIpc) is 2.64. The molecule has 1 saturated carbocycles. The van der Waals surface area contributed by atoms with Crippen molar-refractivity contribution in [3.8, 4) is 0 Å². The number of piperidine rings is 1. The molecule has 0 aromatic heterocycles. The van der Waals surface area contributed by atoms with Crippen molar-refractivity contribution in [2.75, 3.05) is 26.0 Å². The second kappa shape index (κ2) is 4.01. The second-order valence-electron chi connectivity index (χ2n) is 4.46. The first-order valence-electron chi connectivity index (χ1n) is 5.27. The van der Waals surface area contributed by atoms with E-state index in [1.807, 2.05) is 0 Å². The Bertz CT molecular complexity index is 320. The van der Waals surface area contributed by atoms with Crippen LogP contribution in [0.25, 0.3) is 0 Å². The van der Waals surface area contributed by atoms with Crippen LogP contribution in [-0.4, -0.2) is 46.5 Å². The first-order valence-corrected chi connectivity index (χ1v) is 6.92. The predicted molar refractivity (Wildman–Crippen MR) is 57.0 cm³/mol. The molecule has 2 fully saturated rings. The van der Waals surface area contributed by atoms with E-state index in [-0.39, 0.29) is 17.9 Å². The Morgan fingerprint density at radius 1 is 1.47 bits per heavy atom. The Morgan fingerprint density at radius 2 is 2.07 bits per heavy atom. The zero-order chi connectivity index (χ0) is 11.1. The van der Waals surface area contributed by atoms with Crippen molar-refractivity contribution in [2.45, 2.75) is 19.1 Å². The van der Waals surface area contributed by atoms with Crippen LogP contribution in [0.5, 0.6) is 0 Å². The molecule has 2 rings (SSSR count). The molecule has 3 atom stereocenters. The summed E-state index contributed by atoms with van der Waals surface area (Å²) in [6.45, 7) is 3.64. The highest BCUT2D eigenvalue weighted by atomic mass is 32.2. The monoisotopic (exact) mass is 234 g/mol. The molecule has 0 aromatic carbocycles. The summed E-state index contributed by atoms with van der Waals surface area (Å²) in [5.41, 5.74) is 0. The van der Waals surface area contributed by atoms with Crippen LogP contribution in [-0.2, 0) is 14.8 Å². The minimum Gasteiger partial charge on any atom is -0.381 e. The van der Waals surface area contributed by atoms with E-state index in [2.05, 4.69) is 10.0 Å². The van der Waals surface area contributed by atoms with Crippen LogP contribution < -0.4 is 10.0 Å². The summed E-state index contributed by atoms with van der Waals surface area (Å²) in [4.78, 5) is 0. The number of nitrogens with one attached hydrogen (secondary N) is 2. The van der Waals surface area contributed by atoms with Gasteiger partial charge in [0, 0.05) is 13.2 Å². The molecule has 3 unspecified atom stereocenters. The molecule has 2 aliphatic rings. The van der Waals surface area contributed by atoms with Gasteiger partial charge in [0.15, 0.2) is 0 Å². The summed E-state index contributed by atoms with van der Waals surface area (Å²) in [5, 5.41) is 3.23. The second-order valence-corrected chi connectivity index (χ2v) is 6.26. The number of fused-ring (bicyclic) bond motifs is 1. The molecule has 6 heteroatoms. The molecular formula is C9H18N2O3S. The van der Waals surface area contributed by atoms with Crippen LogP contribution in [0.2, 0.25) is 0 Å². The van der Waals surface area contributed by atoms with Crippen molar-refractivity contribution in [1.82, 2.24) is 10.0 Å². The maximum atomic E-state index is 11.7. The molecule has 1 aliphatic heterocycles. The minimum absolute atomic E-state index is 0.0485. The van der Waals surface area contributed by atoms with E-state index in [0.29, 0.717) is 11.8 Å². The van der Waals surface area contributed by atoms with Gasteiger partial charge in [0.25, 0.3) is 0 Å². The summed E-state index contributed by atoms with van der Waals surface area (Å²) >= 11 is 0. The molecule has 0 bridgehead atoms. The molecule has 0 amide bonds. The third kappa shape index (κ3) is 2.50. The predicted octanol–water partition coefficient (Wildman–Crippen LogP) is -0.841. The lowest BCUT2D eigenvalue weighted by Crippen LogP contribution is -2.37. The van der Waals surface area contributed by atoms with Crippen molar-refractivity contribution in [2.24, 2.45) is 11.8 Å². The summed E-state index contributed by atoms with van der Waals surface area (Å²) in [5.74, 6) is 1.07. The van der Waals surface area contributed by atoms with Crippen molar-refractivity contribution in [3.63, 3.8) is 0 Å². The van der Waals surface area contributed by atoms with Gasteiger partial charge < -0.3 is 10.1 Å². The minimum atomic E-state index is -3.17. The molecular weight excluding hydrogens is 216 g/mol. The first kappa shape index (κ1) is 11.3.